The number of rotatable bonds is 4. The van der Waals surface area contributed by atoms with Crippen LogP contribution in [-0.4, -0.2) is 32.5 Å². The molecule has 0 aliphatic carbocycles. The Morgan fingerprint density at radius 2 is 2.27 bits per heavy atom. The highest BCUT2D eigenvalue weighted by Gasteiger charge is 2.30. The molecule has 1 aliphatic rings. The lowest BCUT2D eigenvalue weighted by Gasteiger charge is -2.33. The Labute approximate surface area is 131 Å². The Morgan fingerprint density at radius 3 is 2.95 bits per heavy atom. The molecule has 1 unspecified atom stereocenters. The fourth-order valence-corrected chi connectivity index (χ4v) is 3.17. The van der Waals surface area contributed by atoms with Crippen molar-refractivity contribution in [3.63, 3.8) is 0 Å². The molecule has 0 saturated carbocycles. The molecule has 1 aliphatic heterocycles. The minimum atomic E-state index is -0.424. The first-order chi connectivity index (χ1) is 10.7. The maximum Gasteiger partial charge on any atom is 0.353 e. The third-order valence-corrected chi connectivity index (χ3v) is 4.41. The van der Waals surface area contributed by atoms with Crippen LogP contribution in [0.4, 0.5) is 22.5 Å². The van der Waals surface area contributed by atoms with Crippen LogP contribution in [0.25, 0.3) is 0 Å². The van der Waals surface area contributed by atoms with Gasteiger partial charge in [0, 0.05) is 24.2 Å². The van der Waals surface area contributed by atoms with Crippen LogP contribution in [0.2, 0.25) is 0 Å². The standard InChI is InChI=1S/C13H16N6O2S/c1-9-4-2-3-6-18(9)12-10(19(20)21)11(15-8-16-12)17-13-14-5-7-22-13/h5,7-9H,2-4,6H2,1H3,(H,14,15,16,17). The highest BCUT2D eigenvalue weighted by molar-refractivity contribution is 7.13. The third kappa shape index (κ3) is 2.84. The molecular weight excluding hydrogens is 304 g/mol. The fraction of sp³-hybridized carbons (Fsp3) is 0.462. The first-order valence-corrected chi connectivity index (χ1v) is 7.97. The molecule has 8 nitrogen and oxygen atoms in total. The molecule has 0 amide bonds. The largest absolute Gasteiger partial charge is 0.353 e. The first-order valence-electron chi connectivity index (χ1n) is 7.09. The van der Waals surface area contributed by atoms with E-state index in [-0.39, 0.29) is 17.5 Å². The Hall–Kier alpha value is -2.29. The van der Waals surface area contributed by atoms with Gasteiger partial charge in [-0.25, -0.2) is 15.0 Å². The van der Waals surface area contributed by atoms with Gasteiger partial charge in [-0.15, -0.1) is 11.3 Å². The lowest BCUT2D eigenvalue weighted by molar-refractivity contribution is -0.383. The zero-order chi connectivity index (χ0) is 15.5. The van der Waals surface area contributed by atoms with E-state index in [4.69, 9.17) is 0 Å². The Balaban J connectivity index is 2.00. The van der Waals surface area contributed by atoms with Crippen LogP contribution in [0, 0.1) is 10.1 Å². The quantitative estimate of drug-likeness (QED) is 0.683. The topological polar surface area (TPSA) is 97.1 Å². The van der Waals surface area contributed by atoms with Crippen LogP contribution < -0.4 is 10.2 Å². The molecule has 116 valence electrons. The SMILES string of the molecule is CC1CCCCN1c1ncnc(Nc2nccs2)c1[N+](=O)[O-]. The van der Waals surface area contributed by atoms with Crippen LogP contribution in [0.1, 0.15) is 26.2 Å². The predicted molar refractivity (Wildman–Crippen MR) is 84.7 cm³/mol. The zero-order valence-electron chi connectivity index (χ0n) is 12.1. The monoisotopic (exact) mass is 320 g/mol. The van der Waals surface area contributed by atoms with Crippen LogP contribution in [-0.2, 0) is 0 Å². The van der Waals surface area contributed by atoms with E-state index in [0.717, 1.165) is 25.8 Å². The molecule has 1 atom stereocenters. The molecule has 1 saturated heterocycles. The van der Waals surface area contributed by atoms with Crippen molar-refractivity contribution in [2.75, 3.05) is 16.8 Å². The summed E-state index contributed by atoms with van der Waals surface area (Å²) in [6.07, 6.45) is 6.16. The van der Waals surface area contributed by atoms with Crippen molar-refractivity contribution in [3.8, 4) is 0 Å². The summed E-state index contributed by atoms with van der Waals surface area (Å²) in [4.78, 5) is 25.4. The summed E-state index contributed by atoms with van der Waals surface area (Å²) >= 11 is 1.36. The predicted octanol–water partition coefficient (Wildman–Crippen LogP) is 2.96. The van der Waals surface area contributed by atoms with Gasteiger partial charge in [-0.05, 0) is 26.2 Å². The molecule has 2 aromatic heterocycles. The highest BCUT2D eigenvalue weighted by Crippen LogP contribution is 2.36. The van der Waals surface area contributed by atoms with Crippen LogP contribution in [0.3, 0.4) is 0 Å². The maximum atomic E-state index is 11.6. The zero-order valence-corrected chi connectivity index (χ0v) is 12.9. The number of nitrogens with one attached hydrogen (secondary N) is 1. The summed E-state index contributed by atoms with van der Waals surface area (Å²) in [5.74, 6) is 0.564. The molecule has 22 heavy (non-hydrogen) atoms. The first kappa shape index (κ1) is 14.6. The number of piperidine rings is 1. The minimum Gasteiger partial charge on any atom is -0.348 e. The van der Waals surface area contributed by atoms with Gasteiger partial charge in [0.05, 0.1) is 4.92 Å². The summed E-state index contributed by atoms with van der Waals surface area (Å²) < 4.78 is 0. The molecule has 9 heteroatoms. The second-order valence-corrected chi connectivity index (χ2v) is 6.05. The average Bonchev–Trinajstić information content (AvgIpc) is 3.00. The Bertz CT molecular complexity index is 663. The number of hydrogen-bond acceptors (Lipinski definition) is 8. The van der Waals surface area contributed by atoms with Crippen LogP contribution in [0.5, 0.6) is 0 Å². The van der Waals surface area contributed by atoms with E-state index in [1.165, 1.54) is 17.7 Å². The molecule has 0 aromatic carbocycles. The highest BCUT2D eigenvalue weighted by atomic mass is 32.1. The van der Waals surface area contributed by atoms with Gasteiger partial charge in [0.1, 0.15) is 6.33 Å². The van der Waals surface area contributed by atoms with E-state index in [0.29, 0.717) is 10.9 Å². The average molecular weight is 320 g/mol. The third-order valence-electron chi connectivity index (χ3n) is 3.72. The van der Waals surface area contributed by atoms with E-state index < -0.39 is 4.92 Å². The second-order valence-electron chi connectivity index (χ2n) is 5.15. The number of aromatic nitrogens is 3. The number of nitrogens with zero attached hydrogens (tertiary/aromatic N) is 5. The molecule has 1 fully saturated rings. The maximum absolute atomic E-state index is 11.6. The van der Waals surface area contributed by atoms with Gasteiger partial charge in [-0.2, -0.15) is 0 Å². The molecule has 3 heterocycles. The van der Waals surface area contributed by atoms with Gasteiger partial charge in [0.2, 0.25) is 11.6 Å². The van der Waals surface area contributed by atoms with Crippen molar-refractivity contribution < 1.29 is 4.92 Å². The molecule has 2 aromatic rings. The van der Waals surface area contributed by atoms with E-state index in [9.17, 15) is 10.1 Å². The number of hydrogen-bond donors (Lipinski definition) is 1. The van der Waals surface area contributed by atoms with E-state index >= 15 is 0 Å². The van der Waals surface area contributed by atoms with Crippen LogP contribution in [0.15, 0.2) is 17.9 Å². The molecule has 0 radical (unpaired) electrons. The van der Waals surface area contributed by atoms with E-state index in [1.54, 1.807) is 11.6 Å². The van der Waals surface area contributed by atoms with Crippen molar-refractivity contribution in [1.29, 1.82) is 0 Å². The summed E-state index contributed by atoms with van der Waals surface area (Å²) in [5.41, 5.74) is -0.0912. The van der Waals surface area contributed by atoms with Gasteiger partial charge in [-0.1, -0.05) is 0 Å². The van der Waals surface area contributed by atoms with Gasteiger partial charge in [0.15, 0.2) is 5.13 Å². The Kier molecular flexibility index (Phi) is 4.14. The van der Waals surface area contributed by atoms with Gasteiger partial charge in [-0.3, -0.25) is 10.1 Å². The summed E-state index contributed by atoms with van der Waals surface area (Å²) in [7, 11) is 0. The molecule has 1 N–H and O–H groups in total. The lowest BCUT2D eigenvalue weighted by Crippen LogP contribution is -2.38. The minimum absolute atomic E-state index is 0.0912. The fourth-order valence-electron chi connectivity index (χ4n) is 2.64. The number of nitro groups is 1. The smallest absolute Gasteiger partial charge is 0.348 e. The van der Waals surface area contributed by atoms with Gasteiger partial charge >= 0.3 is 5.69 Å². The number of anilines is 3. The van der Waals surface area contributed by atoms with Crippen molar-refractivity contribution >= 4 is 33.8 Å². The van der Waals surface area contributed by atoms with Gasteiger partial charge in [0.25, 0.3) is 0 Å². The van der Waals surface area contributed by atoms with E-state index in [1.807, 2.05) is 4.90 Å². The Morgan fingerprint density at radius 1 is 1.41 bits per heavy atom. The van der Waals surface area contributed by atoms with Crippen molar-refractivity contribution in [3.05, 3.63) is 28.0 Å². The lowest BCUT2D eigenvalue weighted by atomic mass is 10.0. The summed E-state index contributed by atoms with van der Waals surface area (Å²) in [6, 6.07) is 0.232. The molecular formula is C13H16N6O2S. The normalized spacial score (nSPS) is 18.2. The molecule has 0 bridgehead atoms. The molecule has 0 spiro atoms. The number of thiazole rings is 1. The van der Waals surface area contributed by atoms with Crippen molar-refractivity contribution in [2.24, 2.45) is 0 Å². The van der Waals surface area contributed by atoms with Gasteiger partial charge < -0.3 is 10.2 Å². The van der Waals surface area contributed by atoms with Crippen molar-refractivity contribution in [2.45, 2.75) is 32.2 Å². The van der Waals surface area contributed by atoms with Crippen molar-refractivity contribution in [1.82, 2.24) is 15.0 Å². The molecule has 3 rings (SSSR count). The second kappa shape index (κ2) is 6.22. The summed E-state index contributed by atoms with van der Waals surface area (Å²) in [6.45, 7) is 2.84. The van der Waals surface area contributed by atoms with E-state index in [2.05, 4.69) is 27.2 Å². The summed E-state index contributed by atoms with van der Waals surface area (Å²) in [5, 5.41) is 16.8. The van der Waals surface area contributed by atoms with Crippen LogP contribution >= 0.6 is 11.3 Å².